The van der Waals surface area contributed by atoms with Gasteiger partial charge in [0.1, 0.15) is 12.4 Å². The summed E-state index contributed by atoms with van der Waals surface area (Å²) < 4.78 is 18.7. The van der Waals surface area contributed by atoms with E-state index in [0.717, 1.165) is 22.3 Å². The van der Waals surface area contributed by atoms with Gasteiger partial charge in [0.05, 0.1) is 12.0 Å². The lowest BCUT2D eigenvalue weighted by Gasteiger charge is -2.21. The summed E-state index contributed by atoms with van der Waals surface area (Å²) in [5.74, 6) is -2.08. The average molecular weight is 404 g/mol. The molecular formula is C24H19FNO4-. The van der Waals surface area contributed by atoms with Crippen molar-refractivity contribution in [1.29, 1.82) is 0 Å². The second-order valence-corrected chi connectivity index (χ2v) is 7.18. The number of nitrogens with one attached hydrogen (secondary N) is 1. The summed E-state index contributed by atoms with van der Waals surface area (Å²) in [4.78, 5) is 23.7. The molecule has 1 aliphatic carbocycles. The van der Waals surface area contributed by atoms with Gasteiger partial charge < -0.3 is 20.0 Å². The van der Waals surface area contributed by atoms with E-state index in [-0.39, 0.29) is 18.9 Å². The third-order valence-corrected chi connectivity index (χ3v) is 5.25. The number of carboxylic acids is 1. The standard InChI is InChI=1S/C24H20FNO4/c25-16-7-5-6-15(12-16)13-22(23(27)28)26-24(29)30-14-21-19-10-3-1-8-17(19)18-9-2-4-11-20(18)21/h1-12,21-22H,13-14H2,(H,26,29)(H,27,28)/p-1/t22-/m1/s1. The molecule has 0 saturated heterocycles. The van der Waals surface area contributed by atoms with Crippen LogP contribution in [-0.2, 0) is 16.0 Å². The number of rotatable bonds is 6. The van der Waals surface area contributed by atoms with Crippen LogP contribution in [-0.4, -0.2) is 24.7 Å². The van der Waals surface area contributed by atoms with E-state index < -0.39 is 23.9 Å². The summed E-state index contributed by atoms with van der Waals surface area (Å²) in [6, 6.07) is 20.0. The highest BCUT2D eigenvalue weighted by Crippen LogP contribution is 2.44. The first-order valence-electron chi connectivity index (χ1n) is 9.59. The van der Waals surface area contributed by atoms with Crippen LogP contribution < -0.4 is 10.4 Å². The molecule has 152 valence electrons. The zero-order valence-corrected chi connectivity index (χ0v) is 16.0. The Morgan fingerprint density at radius 2 is 1.60 bits per heavy atom. The highest BCUT2D eigenvalue weighted by Gasteiger charge is 2.29. The molecule has 0 spiro atoms. The molecular weight excluding hydrogens is 385 g/mol. The molecule has 0 aliphatic heterocycles. The van der Waals surface area contributed by atoms with Crippen LogP contribution >= 0.6 is 0 Å². The van der Waals surface area contributed by atoms with E-state index in [1.54, 1.807) is 6.07 Å². The minimum Gasteiger partial charge on any atom is -0.548 e. The zero-order valence-electron chi connectivity index (χ0n) is 16.0. The molecule has 3 aromatic carbocycles. The Bertz CT molecular complexity index is 1050. The molecule has 6 heteroatoms. The summed E-state index contributed by atoms with van der Waals surface area (Å²) >= 11 is 0. The van der Waals surface area contributed by atoms with Gasteiger partial charge in [-0.2, -0.15) is 0 Å². The van der Waals surface area contributed by atoms with Gasteiger partial charge in [0, 0.05) is 5.92 Å². The van der Waals surface area contributed by atoms with Crippen LogP contribution in [0.15, 0.2) is 72.8 Å². The lowest BCUT2D eigenvalue weighted by Crippen LogP contribution is -2.49. The van der Waals surface area contributed by atoms with Crippen LogP contribution in [0.3, 0.4) is 0 Å². The number of alkyl carbamates (subject to hydrolysis) is 1. The third-order valence-electron chi connectivity index (χ3n) is 5.25. The van der Waals surface area contributed by atoms with Crippen molar-refractivity contribution >= 4 is 12.1 Å². The molecule has 1 amide bonds. The molecule has 0 bridgehead atoms. The average Bonchev–Trinajstić information content (AvgIpc) is 3.06. The Morgan fingerprint density at radius 3 is 2.20 bits per heavy atom. The highest BCUT2D eigenvalue weighted by molar-refractivity contribution is 5.80. The Hall–Kier alpha value is -3.67. The van der Waals surface area contributed by atoms with Gasteiger partial charge in [-0.05, 0) is 46.4 Å². The van der Waals surface area contributed by atoms with E-state index in [2.05, 4.69) is 5.32 Å². The van der Waals surface area contributed by atoms with Crippen LogP contribution in [0, 0.1) is 5.82 Å². The van der Waals surface area contributed by atoms with Crippen LogP contribution in [0.4, 0.5) is 9.18 Å². The van der Waals surface area contributed by atoms with E-state index in [1.165, 1.54) is 18.2 Å². The lowest BCUT2D eigenvalue weighted by molar-refractivity contribution is -0.308. The van der Waals surface area contributed by atoms with E-state index >= 15 is 0 Å². The van der Waals surface area contributed by atoms with Crippen molar-refractivity contribution in [2.45, 2.75) is 18.4 Å². The van der Waals surface area contributed by atoms with Crippen LogP contribution in [0.5, 0.6) is 0 Å². The number of carbonyl (C=O) groups is 2. The highest BCUT2D eigenvalue weighted by atomic mass is 19.1. The summed E-state index contributed by atoms with van der Waals surface area (Å²) in [7, 11) is 0. The Morgan fingerprint density at radius 1 is 0.967 bits per heavy atom. The van der Waals surface area contributed by atoms with Crippen LogP contribution in [0.25, 0.3) is 11.1 Å². The molecule has 5 nitrogen and oxygen atoms in total. The third kappa shape index (κ3) is 4.03. The first-order valence-corrected chi connectivity index (χ1v) is 9.59. The van der Waals surface area contributed by atoms with Crippen molar-refractivity contribution in [3.63, 3.8) is 0 Å². The first-order chi connectivity index (χ1) is 14.5. The van der Waals surface area contributed by atoms with E-state index in [1.807, 2.05) is 48.5 Å². The fraction of sp³-hybridized carbons (Fsp3) is 0.167. The fourth-order valence-corrected chi connectivity index (χ4v) is 3.88. The molecule has 1 aliphatic rings. The van der Waals surface area contributed by atoms with Crippen molar-refractivity contribution < 1.29 is 23.8 Å². The van der Waals surface area contributed by atoms with E-state index in [0.29, 0.717) is 5.56 Å². The molecule has 0 saturated carbocycles. The number of hydrogen-bond donors (Lipinski definition) is 1. The molecule has 3 aromatic rings. The number of carbonyl (C=O) groups excluding carboxylic acids is 2. The van der Waals surface area contributed by atoms with E-state index in [4.69, 9.17) is 4.74 Å². The van der Waals surface area contributed by atoms with Crippen LogP contribution in [0.2, 0.25) is 0 Å². The molecule has 0 heterocycles. The molecule has 0 fully saturated rings. The summed E-state index contributed by atoms with van der Waals surface area (Å²) in [6.45, 7) is 0.0690. The quantitative estimate of drug-likeness (QED) is 0.685. The van der Waals surface area contributed by atoms with Gasteiger partial charge in [-0.3, -0.25) is 0 Å². The van der Waals surface area contributed by atoms with Crippen molar-refractivity contribution in [2.75, 3.05) is 6.61 Å². The number of carboxylic acid groups (broad SMARTS) is 1. The van der Waals surface area contributed by atoms with Crippen molar-refractivity contribution in [3.05, 3.63) is 95.3 Å². The van der Waals surface area contributed by atoms with Gasteiger partial charge in [-0.1, -0.05) is 60.7 Å². The maximum absolute atomic E-state index is 13.3. The predicted molar refractivity (Wildman–Crippen MR) is 107 cm³/mol. The van der Waals surface area contributed by atoms with Gasteiger partial charge in [0.2, 0.25) is 0 Å². The molecule has 1 N–H and O–H groups in total. The minimum atomic E-state index is -1.47. The lowest BCUT2D eigenvalue weighted by atomic mass is 9.98. The molecule has 0 unspecified atom stereocenters. The Labute approximate surface area is 173 Å². The zero-order chi connectivity index (χ0) is 21.1. The number of benzene rings is 3. The normalized spacial score (nSPS) is 13.2. The predicted octanol–water partition coefficient (Wildman–Crippen LogP) is 3.03. The second-order valence-electron chi connectivity index (χ2n) is 7.18. The van der Waals surface area contributed by atoms with Crippen molar-refractivity contribution in [2.24, 2.45) is 0 Å². The fourth-order valence-electron chi connectivity index (χ4n) is 3.88. The number of aliphatic carboxylic acids is 1. The molecule has 30 heavy (non-hydrogen) atoms. The monoisotopic (exact) mass is 404 g/mol. The SMILES string of the molecule is O=C(N[C@H](Cc1cccc(F)c1)C(=O)[O-])OCC1c2ccccc2-c2ccccc21. The number of halogens is 1. The minimum absolute atomic E-state index is 0.0690. The molecule has 0 radical (unpaired) electrons. The number of amides is 1. The van der Waals surface area contributed by atoms with Crippen molar-refractivity contribution in [3.8, 4) is 11.1 Å². The van der Waals surface area contributed by atoms with Crippen LogP contribution in [0.1, 0.15) is 22.6 Å². The first kappa shape index (κ1) is 19.6. The Kier molecular flexibility index (Phi) is 5.48. The van der Waals surface area contributed by atoms with E-state index in [9.17, 15) is 19.1 Å². The molecule has 4 rings (SSSR count). The summed E-state index contributed by atoms with van der Waals surface area (Å²) in [5, 5.41) is 13.7. The number of ether oxygens (including phenoxy) is 1. The van der Waals surface area contributed by atoms with Gasteiger partial charge in [0.15, 0.2) is 0 Å². The maximum atomic E-state index is 13.3. The van der Waals surface area contributed by atoms with Crippen molar-refractivity contribution in [1.82, 2.24) is 5.32 Å². The largest absolute Gasteiger partial charge is 0.548 e. The summed E-state index contributed by atoms with van der Waals surface area (Å²) in [6.07, 6.45) is -0.966. The topological polar surface area (TPSA) is 78.5 Å². The van der Waals surface area contributed by atoms with Gasteiger partial charge >= 0.3 is 6.09 Å². The Balaban J connectivity index is 1.43. The van der Waals surface area contributed by atoms with Gasteiger partial charge in [-0.25, -0.2) is 9.18 Å². The van der Waals surface area contributed by atoms with Gasteiger partial charge in [-0.15, -0.1) is 0 Å². The second kappa shape index (κ2) is 8.37. The van der Waals surface area contributed by atoms with Gasteiger partial charge in [0.25, 0.3) is 0 Å². The smallest absolute Gasteiger partial charge is 0.407 e. The maximum Gasteiger partial charge on any atom is 0.407 e. The molecule has 1 atom stereocenters. The molecule has 0 aromatic heterocycles. The summed E-state index contributed by atoms with van der Waals surface area (Å²) in [5.41, 5.74) is 4.75. The number of fused-ring (bicyclic) bond motifs is 3. The number of hydrogen-bond acceptors (Lipinski definition) is 4.